The molecule has 19 heavy (non-hydrogen) atoms. The van der Waals surface area contributed by atoms with E-state index < -0.39 is 6.10 Å². The largest absolute Gasteiger partial charge is 0.491 e. The lowest BCUT2D eigenvalue weighted by molar-refractivity contribution is 0.0163. The first kappa shape index (κ1) is 16.0. The summed E-state index contributed by atoms with van der Waals surface area (Å²) >= 11 is 0. The molecule has 108 valence electrons. The lowest BCUT2D eigenvalue weighted by Gasteiger charge is -2.16. The molecule has 1 rings (SSSR count). The van der Waals surface area contributed by atoms with Gasteiger partial charge in [0.1, 0.15) is 18.5 Å². The van der Waals surface area contributed by atoms with Crippen LogP contribution < -0.4 is 10.1 Å². The second-order valence-corrected chi connectivity index (χ2v) is 4.66. The Labute approximate surface area is 115 Å². The van der Waals surface area contributed by atoms with Gasteiger partial charge in [0.15, 0.2) is 0 Å². The third kappa shape index (κ3) is 5.19. The SMILES string of the molecule is CCOCC(O)COc1ccc(C(C)NC)cc1C. The van der Waals surface area contributed by atoms with Crippen LogP contribution in [0.1, 0.15) is 31.0 Å². The zero-order chi connectivity index (χ0) is 14.3. The average molecular weight is 267 g/mol. The molecule has 4 nitrogen and oxygen atoms in total. The van der Waals surface area contributed by atoms with Gasteiger partial charge in [-0.05, 0) is 45.0 Å². The Morgan fingerprint density at radius 3 is 2.63 bits per heavy atom. The average Bonchev–Trinajstić information content (AvgIpc) is 2.42. The minimum absolute atomic E-state index is 0.252. The summed E-state index contributed by atoms with van der Waals surface area (Å²) in [5, 5.41) is 12.9. The topological polar surface area (TPSA) is 50.7 Å². The highest BCUT2D eigenvalue weighted by molar-refractivity contribution is 5.37. The summed E-state index contributed by atoms with van der Waals surface area (Å²) in [6.07, 6.45) is -0.588. The van der Waals surface area contributed by atoms with E-state index in [0.29, 0.717) is 19.3 Å². The first-order valence-electron chi connectivity index (χ1n) is 6.74. The van der Waals surface area contributed by atoms with Crippen molar-refractivity contribution < 1.29 is 14.6 Å². The highest BCUT2D eigenvalue weighted by atomic mass is 16.5. The summed E-state index contributed by atoms with van der Waals surface area (Å²) in [4.78, 5) is 0. The molecule has 0 saturated heterocycles. The van der Waals surface area contributed by atoms with Gasteiger partial charge >= 0.3 is 0 Å². The maximum Gasteiger partial charge on any atom is 0.122 e. The maximum atomic E-state index is 9.65. The van der Waals surface area contributed by atoms with E-state index in [4.69, 9.17) is 9.47 Å². The van der Waals surface area contributed by atoms with Crippen LogP contribution in [0, 0.1) is 6.92 Å². The van der Waals surface area contributed by atoms with Gasteiger partial charge in [0.05, 0.1) is 6.61 Å². The van der Waals surface area contributed by atoms with E-state index in [1.165, 1.54) is 5.56 Å². The summed E-state index contributed by atoms with van der Waals surface area (Å²) in [6.45, 7) is 7.19. The molecule has 0 spiro atoms. The van der Waals surface area contributed by atoms with Crippen molar-refractivity contribution in [1.29, 1.82) is 0 Å². The van der Waals surface area contributed by atoms with E-state index in [9.17, 15) is 5.11 Å². The molecule has 0 heterocycles. The van der Waals surface area contributed by atoms with Crippen LogP contribution in [0.4, 0.5) is 0 Å². The zero-order valence-electron chi connectivity index (χ0n) is 12.3. The molecule has 1 aromatic carbocycles. The van der Waals surface area contributed by atoms with Crippen molar-refractivity contribution in [2.24, 2.45) is 0 Å². The number of aryl methyl sites for hydroxylation is 1. The van der Waals surface area contributed by atoms with Gasteiger partial charge in [0.2, 0.25) is 0 Å². The van der Waals surface area contributed by atoms with Crippen LogP contribution in [0.5, 0.6) is 5.75 Å². The van der Waals surface area contributed by atoms with Crippen molar-refractivity contribution in [2.75, 3.05) is 26.9 Å². The molecule has 0 radical (unpaired) electrons. The van der Waals surface area contributed by atoms with Gasteiger partial charge in [-0.25, -0.2) is 0 Å². The Bertz CT molecular complexity index is 382. The quantitative estimate of drug-likeness (QED) is 0.757. The molecular formula is C15H25NO3. The molecule has 4 heteroatoms. The zero-order valence-corrected chi connectivity index (χ0v) is 12.3. The van der Waals surface area contributed by atoms with Gasteiger partial charge in [-0.1, -0.05) is 12.1 Å². The Morgan fingerprint density at radius 2 is 2.05 bits per heavy atom. The molecule has 2 N–H and O–H groups in total. The van der Waals surface area contributed by atoms with Crippen molar-refractivity contribution in [1.82, 2.24) is 5.32 Å². The third-order valence-corrected chi connectivity index (χ3v) is 3.08. The Hall–Kier alpha value is -1.10. The van der Waals surface area contributed by atoms with Crippen LogP contribution in [0.3, 0.4) is 0 Å². The standard InChI is InChI=1S/C15H25NO3/c1-5-18-9-14(17)10-19-15-7-6-13(8-11(15)2)12(3)16-4/h6-8,12,14,16-17H,5,9-10H2,1-4H3. The Balaban J connectivity index is 2.55. The van der Waals surface area contributed by atoms with Gasteiger partial charge in [-0.15, -0.1) is 0 Å². The van der Waals surface area contributed by atoms with E-state index in [1.807, 2.05) is 33.0 Å². The monoisotopic (exact) mass is 267 g/mol. The highest BCUT2D eigenvalue weighted by Gasteiger charge is 2.09. The normalized spacial score (nSPS) is 14.2. The summed E-state index contributed by atoms with van der Waals surface area (Å²) in [5.74, 6) is 0.808. The van der Waals surface area contributed by atoms with Gasteiger partial charge in [0, 0.05) is 12.6 Å². The number of aliphatic hydroxyl groups is 1. The van der Waals surface area contributed by atoms with Crippen LogP contribution >= 0.6 is 0 Å². The minimum atomic E-state index is -0.588. The number of hydrogen-bond acceptors (Lipinski definition) is 4. The molecular weight excluding hydrogens is 242 g/mol. The van der Waals surface area contributed by atoms with Crippen molar-refractivity contribution in [2.45, 2.75) is 32.9 Å². The first-order valence-corrected chi connectivity index (χ1v) is 6.74. The fraction of sp³-hybridized carbons (Fsp3) is 0.600. The van der Waals surface area contributed by atoms with Crippen LogP contribution in [-0.4, -0.2) is 38.1 Å². The van der Waals surface area contributed by atoms with Crippen LogP contribution in [0.15, 0.2) is 18.2 Å². The molecule has 2 atom stereocenters. The van der Waals surface area contributed by atoms with Crippen molar-refractivity contribution in [3.8, 4) is 5.75 Å². The maximum absolute atomic E-state index is 9.65. The van der Waals surface area contributed by atoms with Gasteiger partial charge in [0.25, 0.3) is 0 Å². The Morgan fingerprint density at radius 1 is 1.32 bits per heavy atom. The molecule has 0 amide bonds. The predicted molar refractivity (Wildman–Crippen MR) is 76.6 cm³/mol. The third-order valence-electron chi connectivity index (χ3n) is 3.08. The molecule has 1 aromatic rings. The Kier molecular flexibility index (Phi) is 6.84. The number of nitrogens with one attached hydrogen (secondary N) is 1. The van der Waals surface area contributed by atoms with Crippen LogP contribution in [0.25, 0.3) is 0 Å². The number of benzene rings is 1. The molecule has 0 fully saturated rings. The van der Waals surface area contributed by atoms with E-state index in [1.54, 1.807) is 0 Å². The van der Waals surface area contributed by atoms with Crippen LogP contribution in [-0.2, 0) is 4.74 Å². The molecule has 0 saturated carbocycles. The van der Waals surface area contributed by atoms with Crippen molar-refractivity contribution >= 4 is 0 Å². The summed E-state index contributed by atoms with van der Waals surface area (Å²) in [7, 11) is 1.94. The van der Waals surface area contributed by atoms with E-state index >= 15 is 0 Å². The molecule has 0 aliphatic heterocycles. The minimum Gasteiger partial charge on any atom is -0.491 e. The number of rotatable bonds is 8. The van der Waals surface area contributed by atoms with E-state index in [-0.39, 0.29) is 6.61 Å². The van der Waals surface area contributed by atoms with E-state index in [2.05, 4.69) is 18.3 Å². The highest BCUT2D eigenvalue weighted by Crippen LogP contribution is 2.22. The molecule has 0 aliphatic carbocycles. The summed E-state index contributed by atoms with van der Waals surface area (Å²) in [5.41, 5.74) is 2.30. The van der Waals surface area contributed by atoms with Gasteiger partial charge < -0.3 is 19.9 Å². The molecule has 0 aliphatic rings. The summed E-state index contributed by atoms with van der Waals surface area (Å²) in [6, 6.07) is 6.41. The summed E-state index contributed by atoms with van der Waals surface area (Å²) < 4.78 is 10.8. The van der Waals surface area contributed by atoms with Gasteiger partial charge in [-0.2, -0.15) is 0 Å². The lowest BCUT2D eigenvalue weighted by atomic mass is 10.1. The van der Waals surface area contributed by atoms with E-state index in [0.717, 1.165) is 11.3 Å². The second kappa shape index (κ2) is 8.15. The molecule has 0 bridgehead atoms. The molecule has 2 unspecified atom stereocenters. The second-order valence-electron chi connectivity index (χ2n) is 4.66. The lowest BCUT2D eigenvalue weighted by Crippen LogP contribution is -2.23. The number of ether oxygens (including phenoxy) is 2. The molecule has 0 aromatic heterocycles. The fourth-order valence-electron chi connectivity index (χ4n) is 1.76. The van der Waals surface area contributed by atoms with Crippen molar-refractivity contribution in [3.63, 3.8) is 0 Å². The predicted octanol–water partition coefficient (Wildman–Crippen LogP) is 2.05. The first-order chi connectivity index (χ1) is 9.08. The van der Waals surface area contributed by atoms with Gasteiger partial charge in [-0.3, -0.25) is 0 Å². The fourth-order valence-corrected chi connectivity index (χ4v) is 1.76. The number of hydrogen-bond donors (Lipinski definition) is 2. The van der Waals surface area contributed by atoms with Crippen LogP contribution in [0.2, 0.25) is 0 Å². The number of aliphatic hydroxyl groups excluding tert-OH is 1. The smallest absolute Gasteiger partial charge is 0.122 e. The van der Waals surface area contributed by atoms with Crippen molar-refractivity contribution in [3.05, 3.63) is 29.3 Å².